The molecule has 0 heterocycles. The molecule has 0 fully saturated rings. The van der Waals surface area contributed by atoms with Crippen LogP contribution in [0.1, 0.15) is 46.0 Å². The van der Waals surface area contributed by atoms with Crippen LogP contribution in [-0.4, -0.2) is 9.52 Å². The fraction of sp³-hybridized carbons (Fsp3) is 0.529. The van der Waals surface area contributed by atoms with Crippen LogP contribution in [0.5, 0.6) is 0 Å². The second-order valence-electron chi connectivity index (χ2n) is 5.82. The molecule has 2 rings (SSSR count). The molecule has 0 radical (unpaired) electrons. The molecule has 0 nitrogen and oxygen atoms in total. The lowest BCUT2D eigenvalue weighted by Crippen LogP contribution is -2.21. The zero-order valence-electron chi connectivity index (χ0n) is 11.9. The average molecular weight is 258 g/mol. The summed E-state index contributed by atoms with van der Waals surface area (Å²) >= 11 is 0. The molecule has 1 heteroatoms. The first-order valence-corrected chi connectivity index (χ1v) is 9.03. The Morgan fingerprint density at radius 2 is 2.17 bits per heavy atom. The smallest absolute Gasteiger partial charge is 0.0447 e. The summed E-state index contributed by atoms with van der Waals surface area (Å²) in [5.74, 6) is 0. The average Bonchev–Trinajstić information content (AvgIpc) is 2.78. The molecule has 0 aromatic heterocycles. The quantitative estimate of drug-likeness (QED) is 0.605. The maximum absolute atomic E-state index is 2.55. The fourth-order valence-corrected chi connectivity index (χ4v) is 6.13. The Hall–Kier alpha value is -0.823. The Kier molecular flexibility index (Phi) is 4.82. The van der Waals surface area contributed by atoms with E-state index in [4.69, 9.17) is 0 Å². The van der Waals surface area contributed by atoms with Gasteiger partial charge >= 0.3 is 0 Å². The van der Waals surface area contributed by atoms with Gasteiger partial charge in [0.05, 0.1) is 0 Å². The molecule has 0 saturated carbocycles. The van der Waals surface area contributed by atoms with Gasteiger partial charge in [0.2, 0.25) is 0 Å². The summed E-state index contributed by atoms with van der Waals surface area (Å²) in [4.78, 5) is 0. The van der Waals surface area contributed by atoms with E-state index in [1.54, 1.807) is 5.57 Å². The van der Waals surface area contributed by atoms with Crippen molar-refractivity contribution in [2.75, 3.05) is 0 Å². The Bertz CT molecular complexity index is 386. The van der Waals surface area contributed by atoms with Crippen LogP contribution < -0.4 is 0 Å². The number of hydrogen-bond acceptors (Lipinski definition) is 0. The molecular formula is C17H26Si. The Morgan fingerprint density at radius 3 is 2.83 bits per heavy atom. The SMILES string of the molecule is CCCC1=CC([SiH2]C2(CCC)C=CC=CC2)C=C1. The van der Waals surface area contributed by atoms with Crippen molar-refractivity contribution in [3.8, 4) is 0 Å². The standard InChI is InChI=1S/C17H26Si/c1-3-8-15-9-10-16(14-15)18-17(11-4-2)12-6-5-7-13-17/h5-7,9-10,12,14,16H,3-4,8,11,13,18H2,1-2H3. The summed E-state index contributed by atoms with van der Waals surface area (Å²) in [5, 5.41) is 0.552. The van der Waals surface area contributed by atoms with Crippen LogP contribution in [-0.2, 0) is 0 Å². The van der Waals surface area contributed by atoms with Gasteiger partial charge in [0.25, 0.3) is 0 Å². The van der Waals surface area contributed by atoms with Crippen molar-refractivity contribution in [1.29, 1.82) is 0 Å². The minimum atomic E-state index is -0.126. The third kappa shape index (κ3) is 3.35. The largest absolute Gasteiger partial charge is 0.0840 e. The molecular weight excluding hydrogens is 232 g/mol. The third-order valence-corrected chi connectivity index (χ3v) is 6.81. The van der Waals surface area contributed by atoms with E-state index in [0.29, 0.717) is 5.04 Å². The van der Waals surface area contributed by atoms with Crippen molar-refractivity contribution in [1.82, 2.24) is 0 Å². The van der Waals surface area contributed by atoms with Crippen molar-refractivity contribution in [2.24, 2.45) is 0 Å². The van der Waals surface area contributed by atoms with Crippen molar-refractivity contribution < 1.29 is 0 Å². The number of allylic oxidation sites excluding steroid dienone is 8. The summed E-state index contributed by atoms with van der Waals surface area (Å²) in [6.07, 6.45) is 23.3. The highest BCUT2D eigenvalue weighted by Crippen LogP contribution is 2.43. The van der Waals surface area contributed by atoms with Crippen molar-refractivity contribution >= 4 is 9.52 Å². The fourth-order valence-electron chi connectivity index (χ4n) is 3.33. The molecule has 2 aliphatic carbocycles. The van der Waals surface area contributed by atoms with Gasteiger partial charge in [-0.3, -0.25) is 0 Å². The highest BCUT2D eigenvalue weighted by Gasteiger charge is 2.29. The zero-order chi connectivity index (χ0) is 12.8. The van der Waals surface area contributed by atoms with E-state index < -0.39 is 0 Å². The second kappa shape index (κ2) is 6.37. The molecule has 98 valence electrons. The van der Waals surface area contributed by atoms with Gasteiger partial charge < -0.3 is 0 Å². The Balaban J connectivity index is 2.01. The van der Waals surface area contributed by atoms with Gasteiger partial charge in [-0.15, -0.1) is 0 Å². The molecule has 0 aliphatic heterocycles. The van der Waals surface area contributed by atoms with E-state index in [-0.39, 0.29) is 9.52 Å². The van der Waals surface area contributed by atoms with Crippen molar-refractivity contribution in [3.05, 3.63) is 48.1 Å². The lowest BCUT2D eigenvalue weighted by atomic mass is 9.94. The first-order chi connectivity index (χ1) is 8.78. The van der Waals surface area contributed by atoms with E-state index in [0.717, 1.165) is 5.54 Å². The van der Waals surface area contributed by atoms with Gasteiger partial charge in [-0.05, 0) is 29.8 Å². The molecule has 0 N–H and O–H groups in total. The minimum absolute atomic E-state index is 0.126. The van der Waals surface area contributed by atoms with Crippen molar-refractivity contribution in [2.45, 2.75) is 56.5 Å². The highest BCUT2D eigenvalue weighted by atomic mass is 28.2. The summed E-state index contributed by atoms with van der Waals surface area (Å²) < 4.78 is 0. The summed E-state index contributed by atoms with van der Waals surface area (Å²) in [6, 6.07) is 0. The molecule has 0 bridgehead atoms. The third-order valence-electron chi connectivity index (χ3n) is 4.14. The van der Waals surface area contributed by atoms with Crippen LogP contribution >= 0.6 is 0 Å². The Labute approximate surface area is 114 Å². The first kappa shape index (κ1) is 13.6. The monoisotopic (exact) mass is 258 g/mol. The normalized spacial score (nSPS) is 30.6. The second-order valence-corrected chi connectivity index (χ2v) is 8.58. The van der Waals surface area contributed by atoms with Crippen LogP contribution in [0.3, 0.4) is 0 Å². The van der Waals surface area contributed by atoms with Crippen LogP contribution in [0.2, 0.25) is 10.6 Å². The van der Waals surface area contributed by atoms with E-state index in [2.05, 4.69) is 56.4 Å². The molecule has 0 spiro atoms. The topological polar surface area (TPSA) is 0 Å². The van der Waals surface area contributed by atoms with Gasteiger partial charge in [-0.2, -0.15) is 0 Å². The maximum atomic E-state index is 2.55. The number of hydrogen-bond donors (Lipinski definition) is 0. The molecule has 0 aromatic carbocycles. The van der Waals surface area contributed by atoms with Crippen molar-refractivity contribution in [3.63, 3.8) is 0 Å². The predicted octanol–water partition coefficient (Wildman–Crippen LogP) is 4.71. The summed E-state index contributed by atoms with van der Waals surface area (Å²) in [5.41, 5.74) is 2.38. The molecule has 18 heavy (non-hydrogen) atoms. The highest BCUT2D eigenvalue weighted by molar-refractivity contribution is 6.44. The molecule has 0 amide bonds. The summed E-state index contributed by atoms with van der Waals surface area (Å²) in [7, 11) is -0.126. The van der Waals surface area contributed by atoms with Gasteiger partial charge in [-0.25, -0.2) is 0 Å². The lowest BCUT2D eigenvalue weighted by Gasteiger charge is -2.32. The van der Waals surface area contributed by atoms with E-state index >= 15 is 0 Å². The van der Waals surface area contributed by atoms with Gasteiger partial charge in [0, 0.05) is 9.52 Å². The zero-order valence-corrected chi connectivity index (χ0v) is 13.3. The predicted molar refractivity (Wildman–Crippen MR) is 84.9 cm³/mol. The van der Waals surface area contributed by atoms with E-state index in [1.807, 2.05) is 0 Å². The molecule has 2 unspecified atom stereocenters. The minimum Gasteiger partial charge on any atom is -0.0840 e. The molecule has 2 atom stereocenters. The maximum Gasteiger partial charge on any atom is 0.0447 e. The molecule has 2 aliphatic rings. The van der Waals surface area contributed by atoms with Crippen LogP contribution in [0.15, 0.2) is 48.1 Å². The van der Waals surface area contributed by atoms with Crippen LogP contribution in [0.25, 0.3) is 0 Å². The molecule has 0 saturated heterocycles. The van der Waals surface area contributed by atoms with Gasteiger partial charge in [-0.1, -0.05) is 74.8 Å². The summed E-state index contributed by atoms with van der Waals surface area (Å²) in [6.45, 7) is 4.60. The lowest BCUT2D eigenvalue weighted by molar-refractivity contribution is 0.596. The Morgan fingerprint density at radius 1 is 1.28 bits per heavy atom. The molecule has 0 aromatic rings. The van der Waals surface area contributed by atoms with Gasteiger partial charge in [0.15, 0.2) is 0 Å². The number of rotatable bonds is 6. The van der Waals surface area contributed by atoms with E-state index in [1.165, 1.54) is 32.1 Å². The van der Waals surface area contributed by atoms with Gasteiger partial charge in [0.1, 0.15) is 0 Å². The van der Waals surface area contributed by atoms with Crippen LogP contribution in [0, 0.1) is 0 Å². The van der Waals surface area contributed by atoms with Crippen LogP contribution in [0.4, 0.5) is 0 Å². The first-order valence-electron chi connectivity index (χ1n) is 7.51. The van der Waals surface area contributed by atoms with E-state index in [9.17, 15) is 0 Å².